The van der Waals surface area contributed by atoms with Gasteiger partial charge < -0.3 is 11.5 Å². The summed E-state index contributed by atoms with van der Waals surface area (Å²) in [5, 5.41) is 1.02. The minimum Gasteiger partial charge on any atom is -0.397 e. The Morgan fingerprint density at radius 3 is 1.44 bits per heavy atom. The van der Waals surface area contributed by atoms with Crippen molar-refractivity contribution in [2.45, 2.75) is 0 Å². The van der Waals surface area contributed by atoms with Crippen LogP contribution in [0.4, 0.5) is 11.4 Å². The monoisotopic (exact) mass is 252 g/mol. The maximum atomic E-state index is 5.96. The number of nitrogen functional groups attached to an aromatic ring is 2. The van der Waals surface area contributed by atoms with Crippen molar-refractivity contribution in [2.75, 3.05) is 11.5 Å². The van der Waals surface area contributed by atoms with E-state index in [1.807, 2.05) is 24.3 Å². The number of anilines is 2. The van der Waals surface area contributed by atoms with Gasteiger partial charge in [0.15, 0.2) is 0 Å². The van der Waals surface area contributed by atoms with Gasteiger partial charge in [0.2, 0.25) is 0 Å². The normalized spacial score (nSPS) is 10.4. The van der Waals surface area contributed by atoms with Gasteiger partial charge in [0, 0.05) is 11.1 Å². The van der Waals surface area contributed by atoms with Crippen LogP contribution in [0, 0.1) is 0 Å². The number of benzene rings is 2. The number of hydrogen-bond donors (Lipinski definition) is 2. The maximum Gasteiger partial charge on any atom is 0.0641 e. The zero-order valence-corrected chi connectivity index (χ0v) is 9.89. The Kier molecular flexibility index (Phi) is 2.95. The molecule has 16 heavy (non-hydrogen) atoms. The molecule has 0 amide bonds. The highest BCUT2D eigenvalue weighted by Crippen LogP contribution is 2.37. The van der Waals surface area contributed by atoms with Crippen LogP contribution >= 0.6 is 23.2 Å². The minimum atomic E-state index is 0.511. The molecule has 4 N–H and O–H groups in total. The van der Waals surface area contributed by atoms with Gasteiger partial charge in [-0.1, -0.05) is 47.5 Å². The third-order valence-corrected chi connectivity index (χ3v) is 3.06. The van der Waals surface area contributed by atoms with Gasteiger partial charge in [-0.05, 0) is 12.1 Å². The van der Waals surface area contributed by atoms with Crippen molar-refractivity contribution < 1.29 is 0 Å². The van der Waals surface area contributed by atoms with Gasteiger partial charge in [-0.25, -0.2) is 0 Å². The summed E-state index contributed by atoms with van der Waals surface area (Å²) < 4.78 is 0. The van der Waals surface area contributed by atoms with Crippen molar-refractivity contribution in [1.29, 1.82) is 0 Å². The van der Waals surface area contributed by atoms with Gasteiger partial charge >= 0.3 is 0 Å². The fraction of sp³-hybridized carbons (Fsp3) is 0. The van der Waals surface area contributed by atoms with E-state index >= 15 is 0 Å². The lowest BCUT2D eigenvalue weighted by molar-refractivity contribution is 1.60. The summed E-state index contributed by atoms with van der Waals surface area (Å²) >= 11 is 11.9. The van der Waals surface area contributed by atoms with Gasteiger partial charge in [-0.15, -0.1) is 0 Å². The van der Waals surface area contributed by atoms with E-state index in [0.717, 1.165) is 11.1 Å². The molecular formula is C12H10Cl2N2. The van der Waals surface area contributed by atoms with E-state index in [2.05, 4.69) is 0 Å². The van der Waals surface area contributed by atoms with Gasteiger partial charge in [0.05, 0.1) is 21.4 Å². The first-order chi connectivity index (χ1) is 7.61. The fourth-order valence-electron chi connectivity index (χ4n) is 1.54. The molecule has 0 atom stereocenters. The number of hydrogen-bond acceptors (Lipinski definition) is 2. The van der Waals surface area contributed by atoms with Gasteiger partial charge in [-0.3, -0.25) is 0 Å². The van der Waals surface area contributed by atoms with Crippen molar-refractivity contribution in [2.24, 2.45) is 0 Å². The maximum absolute atomic E-state index is 5.96. The summed E-state index contributed by atoms with van der Waals surface area (Å²) in [7, 11) is 0. The van der Waals surface area contributed by atoms with Gasteiger partial charge in [-0.2, -0.15) is 0 Å². The van der Waals surface area contributed by atoms with Crippen LogP contribution < -0.4 is 11.5 Å². The first-order valence-electron chi connectivity index (χ1n) is 4.69. The molecule has 0 fully saturated rings. The Hall–Kier alpha value is -1.38. The largest absolute Gasteiger partial charge is 0.397 e. The third-order valence-electron chi connectivity index (χ3n) is 2.40. The first-order valence-corrected chi connectivity index (χ1v) is 5.45. The van der Waals surface area contributed by atoms with E-state index in [-0.39, 0.29) is 0 Å². The second-order valence-corrected chi connectivity index (χ2v) is 4.22. The van der Waals surface area contributed by atoms with Gasteiger partial charge in [0.1, 0.15) is 0 Å². The Morgan fingerprint density at radius 1 is 0.688 bits per heavy atom. The highest BCUT2D eigenvalue weighted by Gasteiger charge is 2.10. The highest BCUT2D eigenvalue weighted by atomic mass is 35.5. The van der Waals surface area contributed by atoms with Crippen LogP contribution in [0.1, 0.15) is 0 Å². The van der Waals surface area contributed by atoms with Crippen molar-refractivity contribution in [1.82, 2.24) is 0 Å². The molecule has 2 aromatic rings. The molecule has 2 nitrogen and oxygen atoms in total. The van der Waals surface area contributed by atoms with Crippen molar-refractivity contribution in [3.63, 3.8) is 0 Å². The molecule has 0 saturated carbocycles. The van der Waals surface area contributed by atoms with E-state index in [4.69, 9.17) is 34.7 Å². The minimum absolute atomic E-state index is 0.511. The predicted molar refractivity (Wildman–Crippen MR) is 70.7 cm³/mol. The number of nitrogens with two attached hydrogens (primary N) is 2. The molecule has 0 saturated heterocycles. The summed E-state index contributed by atoms with van der Waals surface area (Å²) in [5.41, 5.74) is 14.4. The van der Waals surface area contributed by atoms with Crippen LogP contribution in [-0.4, -0.2) is 0 Å². The molecule has 82 valence electrons. The van der Waals surface area contributed by atoms with E-state index in [9.17, 15) is 0 Å². The third kappa shape index (κ3) is 1.82. The average Bonchev–Trinajstić information content (AvgIpc) is 2.27. The summed E-state index contributed by atoms with van der Waals surface area (Å²) in [6.45, 7) is 0. The lowest BCUT2D eigenvalue weighted by Crippen LogP contribution is -1.95. The first kappa shape index (κ1) is 11.1. The standard InChI is InChI=1S/C12H10Cl2N2/c13-9-5-1-3-7(11(9)15)8-4-2-6-10(14)12(8)16/h1-6H,15-16H2. The molecule has 0 unspecified atom stereocenters. The van der Waals surface area contributed by atoms with Crippen LogP contribution in [0.25, 0.3) is 11.1 Å². The van der Waals surface area contributed by atoms with Gasteiger partial charge in [0.25, 0.3) is 0 Å². The number of halogens is 2. The quantitative estimate of drug-likeness (QED) is 0.759. The summed E-state index contributed by atoms with van der Waals surface area (Å²) in [5.74, 6) is 0. The van der Waals surface area contributed by atoms with E-state index < -0.39 is 0 Å². The van der Waals surface area contributed by atoms with Crippen molar-refractivity contribution in [3.8, 4) is 11.1 Å². The van der Waals surface area contributed by atoms with Crippen molar-refractivity contribution in [3.05, 3.63) is 46.4 Å². The SMILES string of the molecule is Nc1c(Cl)cccc1-c1cccc(Cl)c1N. The predicted octanol–water partition coefficient (Wildman–Crippen LogP) is 3.82. The zero-order valence-electron chi connectivity index (χ0n) is 8.37. The molecule has 2 aromatic carbocycles. The molecule has 0 aliphatic rings. The smallest absolute Gasteiger partial charge is 0.0641 e. The van der Waals surface area contributed by atoms with Crippen molar-refractivity contribution >= 4 is 34.6 Å². The Balaban J connectivity index is 2.68. The molecule has 4 heteroatoms. The van der Waals surface area contributed by atoms with E-state index in [1.165, 1.54) is 0 Å². The highest BCUT2D eigenvalue weighted by molar-refractivity contribution is 6.35. The Morgan fingerprint density at radius 2 is 1.06 bits per heavy atom. The van der Waals surface area contributed by atoms with Crippen LogP contribution in [-0.2, 0) is 0 Å². The van der Waals surface area contributed by atoms with Crippen LogP contribution in [0.15, 0.2) is 36.4 Å². The lowest BCUT2D eigenvalue weighted by atomic mass is 10.0. The summed E-state index contributed by atoms with van der Waals surface area (Å²) in [6.07, 6.45) is 0. The topological polar surface area (TPSA) is 52.0 Å². The average molecular weight is 253 g/mol. The van der Waals surface area contributed by atoms with E-state index in [1.54, 1.807) is 12.1 Å². The summed E-state index contributed by atoms with van der Waals surface area (Å²) in [4.78, 5) is 0. The van der Waals surface area contributed by atoms with Crippen LogP contribution in [0.3, 0.4) is 0 Å². The molecule has 0 aliphatic carbocycles. The Labute approximate surface area is 104 Å². The molecule has 0 aliphatic heterocycles. The zero-order chi connectivity index (χ0) is 11.7. The summed E-state index contributed by atoms with van der Waals surface area (Å²) in [6, 6.07) is 10.9. The van der Waals surface area contributed by atoms with Crippen LogP contribution in [0.2, 0.25) is 10.0 Å². The molecular weight excluding hydrogens is 243 g/mol. The van der Waals surface area contributed by atoms with Crippen LogP contribution in [0.5, 0.6) is 0 Å². The molecule has 0 bridgehead atoms. The second-order valence-electron chi connectivity index (χ2n) is 3.40. The second kappa shape index (κ2) is 4.24. The molecule has 2 rings (SSSR count). The molecule has 0 radical (unpaired) electrons. The van der Waals surface area contributed by atoms with E-state index in [0.29, 0.717) is 21.4 Å². The molecule has 0 heterocycles. The number of para-hydroxylation sites is 2. The lowest BCUT2D eigenvalue weighted by Gasteiger charge is -2.10. The fourth-order valence-corrected chi connectivity index (χ4v) is 1.89. The number of rotatable bonds is 1. The molecule has 0 spiro atoms. The Bertz CT molecular complexity index is 489. The molecule has 0 aromatic heterocycles.